The van der Waals surface area contributed by atoms with E-state index in [9.17, 15) is 8.42 Å². The standard InChI is InChI=1S/C15H29N5O2S/c1-12(2)11-20-14(4)15(13(3)18-20)23(21,22)17-7-10-19-8-5-16-6-9-19/h12,16-17H,5-11H2,1-4H3. The van der Waals surface area contributed by atoms with Crippen LogP contribution in [0.2, 0.25) is 0 Å². The molecule has 7 nitrogen and oxygen atoms in total. The topological polar surface area (TPSA) is 79.3 Å². The van der Waals surface area contributed by atoms with Gasteiger partial charge in [0.2, 0.25) is 10.0 Å². The fourth-order valence-electron chi connectivity index (χ4n) is 2.94. The predicted octanol–water partition coefficient (Wildman–Crippen LogP) is 0.339. The van der Waals surface area contributed by atoms with Crippen LogP contribution in [0.5, 0.6) is 0 Å². The summed E-state index contributed by atoms with van der Waals surface area (Å²) in [6, 6.07) is 0. The summed E-state index contributed by atoms with van der Waals surface area (Å²) in [5.74, 6) is 0.421. The molecule has 1 aromatic heterocycles. The van der Waals surface area contributed by atoms with Gasteiger partial charge in [-0.1, -0.05) is 13.8 Å². The molecule has 1 aliphatic heterocycles. The van der Waals surface area contributed by atoms with Gasteiger partial charge in [0.25, 0.3) is 0 Å². The van der Waals surface area contributed by atoms with Crippen LogP contribution in [-0.4, -0.2) is 62.4 Å². The Morgan fingerprint density at radius 2 is 1.91 bits per heavy atom. The maximum absolute atomic E-state index is 12.6. The molecule has 0 spiro atoms. The minimum atomic E-state index is -3.51. The molecular weight excluding hydrogens is 314 g/mol. The Kier molecular flexibility index (Phi) is 6.19. The maximum Gasteiger partial charge on any atom is 0.244 e. The maximum atomic E-state index is 12.6. The zero-order valence-corrected chi connectivity index (χ0v) is 15.4. The number of nitrogens with one attached hydrogen (secondary N) is 2. The number of piperazine rings is 1. The van der Waals surface area contributed by atoms with Crippen LogP contribution in [0.3, 0.4) is 0 Å². The molecule has 1 saturated heterocycles. The van der Waals surface area contributed by atoms with Gasteiger partial charge < -0.3 is 5.32 Å². The largest absolute Gasteiger partial charge is 0.314 e. The Labute approximate surface area is 139 Å². The lowest BCUT2D eigenvalue weighted by atomic mass is 10.2. The van der Waals surface area contributed by atoms with E-state index < -0.39 is 10.0 Å². The summed E-state index contributed by atoms with van der Waals surface area (Å²) in [4.78, 5) is 2.60. The smallest absolute Gasteiger partial charge is 0.244 e. The van der Waals surface area contributed by atoms with Gasteiger partial charge in [-0.15, -0.1) is 0 Å². The first-order valence-corrected chi connectivity index (χ1v) is 9.76. The highest BCUT2D eigenvalue weighted by molar-refractivity contribution is 7.89. The SMILES string of the molecule is Cc1nn(CC(C)C)c(C)c1S(=O)(=O)NCCN1CCNCC1. The summed E-state index contributed by atoms with van der Waals surface area (Å²) in [6.45, 7) is 13.5. The second-order valence-electron chi connectivity index (χ2n) is 6.57. The summed E-state index contributed by atoms with van der Waals surface area (Å²) < 4.78 is 29.8. The summed E-state index contributed by atoms with van der Waals surface area (Å²) >= 11 is 0. The van der Waals surface area contributed by atoms with Crippen LogP contribution in [0.15, 0.2) is 4.90 Å². The quantitative estimate of drug-likeness (QED) is 0.746. The molecule has 2 N–H and O–H groups in total. The second kappa shape index (κ2) is 7.74. The van der Waals surface area contributed by atoms with Gasteiger partial charge in [-0.25, -0.2) is 13.1 Å². The van der Waals surface area contributed by atoms with Gasteiger partial charge in [-0.3, -0.25) is 9.58 Å². The first kappa shape index (κ1) is 18.4. The van der Waals surface area contributed by atoms with E-state index in [1.807, 2.05) is 6.92 Å². The molecule has 2 heterocycles. The number of aromatic nitrogens is 2. The van der Waals surface area contributed by atoms with Gasteiger partial charge in [0.1, 0.15) is 4.90 Å². The third-order valence-corrected chi connectivity index (χ3v) is 5.76. The van der Waals surface area contributed by atoms with Crippen LogP contribution >= 0.6 is 0 Å². The minimum Gasteiger partial charge on any atom is -0.314 e. The highest BCUT2D eigenvalue weighted by Crippen LogP contribution is 2.20. The van der Waals surface area contributed by atoms with Crippen molar-refractivity contribution in [2.45, 2.75) is 39.1 Å². The molecular formula is C15H29N5O2S. The lowest BCUT2D eigenvalue weighted by molar-refractivity contribution is 0.245. The van der Waals surface area contributed by atoms with Crippen molar-refractivity contribution in [3.63, 3.8) is 0 Å². The monoisotopic (exact) mass is 343 g/mol. The van der Waals surface area contributed by atoms with Crippen LogP contribution in [0.25, 0.3) is 0 Å². The fourth-order valence-corrected chi connectivity index (χ4v) is 4.37. The highest BCUT2D eigenvalue weighted by Gasteiger charge is 2.24. The summed E-state index contributed by atoms with van der Waals surface area (Å²) in [5, 5.41) is 7.68. The molecule has 0 amide bonds. The Morgan fingerprint density at radius 1 is 1.26 bits per heavy atom. The van der Waals surface area contributed by atoms with E-state index in [0.717, 1.165) is 39.3 Å². The van der Waals surface area contributed by atoms with Crippen molar-refractivity contribution < 1.29 is 8.42 Å². The van der Waals surface area contributed by atoms with Crippen LogP contribution in [0.4, 0.5) is 0 Å². The van der Waals surface area contributed by atoms with Crippen molar-refractivity contribution in [3.8, 4) is 0 Å². The van der Waals surface area contributed by atoms with E-state index in [4.69, 9.17) is 0 Å². The normalized spacial score (nSPS) is 17.1. The van der Waals surface area contributed by atoms with Gasteiger partial charge in [-0.2, -0.15) is 5.10 Å². The molecule has 2 rings (SSSR count). The van der Waals surface area contributed by atoms with Crippen molar-refractivity contribution >= 4 is 10.0 Å². The van der Waals surface area contributed by atoms with E-state index in [1.54, 1.807) is 11.6 Å². The molecule has 1 aromatic rings. The van der Waals surface area contributed by atoms with Crippen molar-refractivity contribution in [2.24, 2.45) is 5.92 Å². The van der Waals surface area contributed by atoms with Gasteiger partial charge >= 0.3 is 0 Å². The molecule has 0 aromatic carbocycles. The lowest BCUT2D eigenvalue weighted by Gasteiger charge is -2.27. The number of aryl methyl sites for hydroxylation is 1. The predicted molar refractivity (Wildman–Crippen MR) is 91.0 cm³/mol. The van der Waals surface area contributed by atoms with Crippen molar-refractivity contribution in [3.05, 3.63) is 11.4 Å². The van der Waals surface area contributed by atoms with Crippen LogP contribution < -0.4 is 10.0 Å². The molecule has 132 valence electrons. The molecule has 0 radical (unpaired) electrons. The molecule has 8 heteroatoms. The third-order valence-electron chi connectivity index (χ3n) is 4.05. The zero-order chi connectivity index (χ0) is 17.0. The molecule has 1 fully saturated rings. The third kappa shape index (κ3) is 4.76. The first-order valence-electron chi connectivity index (χ1n) is 8.28. The van der Waals surface area contributed by atoms with E-state index >= 15 is 0 Å². The average Bonchev–Trinajstić information content (AvgIpc) is 2.74. The molecule has 0 unspecified atom stereocenters. The number of hydrogen-bond donors (Lipinski definition) is 2. The fraction of sp³-hybridized carbons (Fsp3) is 0.800. The van der Waals surface area contributed by atoms with E-state index in [0.29, 0.717) is 28.7 Å². The van der Waals surface area contributed by atoms with Crippen LogP contribution in [-0.2, 0) is 16.6 Å². The average molecular weight is 343 g/mol. The summed E-state index contributed by atoms with van der Waals surface area (Å²) in [5.41, 5.74) is 1.28. The minimum absolute atomic E-state index is 0.332. The Bertz CT molecular complexity index is 618. The van der Waals surface area contributed by atoms with Gasteiger partial charge in [0.05, 0.1) is 11.4 Å². The molecule has 0 saturated carbocycles. The van der Waals surface area contributed by atoms with Crippen molar-refractivity contribution in [1.82, 2.24) is 24.7 Å². The van der Waals surface area contributed by atoms with E-state index in [1.165, 1.54) is 0 Å². The lowest BCUT2D eigenvalue weighted by Crippen LogP contribution is -2.46. The van der Waals surface area contributed by atoms with Gasteiger partial charge in [-0.05, 0) is 19.8 Å². The van der Waals surface area contributed by atoms with Crippen molar-refractivity contribution in [2.75, 3.05) is 39.3 Å². The molecule has 0 bridgehead atoms. The van der Waals surface area contributed by atoms with Gasteiger partial charge in [0.15, 0.2) is 0 Å². The molecule has 1 aliphatic rings. The number of hydrogen-bond acceptors (Lipinski definition) is 5. The summed E-state index contributed by atoms with van der Waals surface area (Å²) in [7, 11) is -3.51. The number of rotatable bonds is 7. The molecule has 0 aliphatic carbocycles. The Balaban J connectivity index is 2.02. The molecule has 0 atom stereocenters. The Hall–Kier alpha value is -0.960. The second-order valence-corrected chi connectivity index (χ2v) is 8.27. The highest BCUT2D eigenvalue weighted by atomic mass is 32.2. The van der Waals surface area contributed by atoms with E-state index in [2.05, 4.69) is 33.9 Å². The number of nitrogens with zero attached hydrogens (tertiary/aromatic N) is 3. The zero-order valence-electron chi connectivity index (χ0n) is 14.6. The number of sulfonamides is 1. The summed E-state index contributed by atoms with van der Waals surface area (Å²) in [6.07, 6.45) is 0. The van der Waals surface area contributed by atoms with Crippen LogP contribution in [0, 0.1) is 19.8 Å². The molecule has 23 heavy (non-hydrogen) atoms. The van der Waals surface area contributed by atoms with Gasteiger partial charge in [0, 0.05) is 45.8 Å². The first-order chi connectivity index (χ1) is 10.8. The van der Waals surface area contributed by atoms with Crippen molar-refractivity contribution in [1.29, 1.82) is 0 Å². The van der Waals surface area contributed by atoms with Crippen LogP contribution in [0.1, 0.15) is 25.2 Å². The Morgan fingerprint density at radius 3 is 2.52 bits per heavy atom. The van der Waals surface area contributed by atoms with E-state index in [-0.39, 0.29) is 0 Å².